The van der Waals surface area contributed by atoms with Crippen LogP contribution in [0.3, 0.4) is 0 Å². The smallest absolute Gasteiger partial charge is 0.0305 e. The molecule has 4 aliphatic rings. The summed E-state index contributed by atoms with van der Waals surface area (Å²) in [5, 5.41) is 6.19. The molecule has 2 heteroatoms. The Labute approximate surface area is 127 Å². The standard InChI is InChI=1S/C18H27NS/c1-11-15-8-13(18(15,2)3)9-16(11)19-10-17-14(6-7-20-17)12-4-5-12/h6-7,11-13,15-16,19H,4-5,8-10H2,1-3H3. The van der Waals surface area contributed by atoms with Crippen LogP contribution in [-0.2, 0) is 6.54 Å². The summed E-state index contributed by atoms with van der Waals surface area (Å²) in [6, 6.07) is 3.12. The van der Waals surface area contributed by atoms with E-state index in [1.165, 1.54) is 25.7 Å². The van der Waals surface area contributed by atoms with Crippen molar-refractivity contribution < 1.29 is 0 Å². The largest absolute Gasteiger partial charge is 0.309 e. The Bertz CT molecular complexity index is 499. The molecule has 1 nitrogen and oxygen atoms in total. The minimum atomic E-state index is 0.611. The average molecular weight is 289 g/mol. The summed E-state index contributed by atoms with van der Waals surface area (Å²) >= 11 is 1.96. The highest BCUT2D eigenvalue weighted by molar-refractivity contribution is 7.10. The molecule has 0 radical (unpaired) electrons. The predicted octanol–water partition coefficient (Wildman–Crippen LogP) is 4.79. The van der Waals surface area contributed by atoms with Crippen LogP contribution >= 0.6 is 11.3 Å². The molecule has 4 aliphatic carbocycles. The highest BCUT2D eigenvalue weighted by Crippen LogP contribution is 2.61. The van der Waals surface area contributed by atoms with E-state index in [0.717, 1.165) is 36.3 Å². The van der Waals surface area contributed by atoms with Gasteiger partial charge in [-0.2, -0.15) is 0 Å². The van der Waals surface area contributed by atoms with Gasteiger partial charge in [0.25, 0.3) is 0 Å². The van der Waals surface area contributed by atoms with Crippen LogP contribution in [0.4, 0.5) is 0 Å². The SMILES string of the molecule is CC1C(NCc2sccc2C2CC2)CC2CC1C2(C)C. The topological polar surface area (TPSA) is 12.0 Å². The maximum absolute atomic E-state index is 3.91. The van der Waals surface area contributed by atoms with Crippen molar-refractivity contribution in [3.05, 3.63) is 21.9 Å². The molecule has 110 valence electrons. The molecule has 0 saturated heterocycles. The molecule has 20 heavy (non-hydrogen) atoms. The lowest BCUT2D eigenvalue weighted by Gasteiger charge is -2.62. The van der Waals surface area contributed by atoms with Crippen LogP contribution in [0.2, 0.25) is 0 Å². The van der Waals surface area contributed by atoms with E-state index in [4.69, 9.17) is 0 Å². The molecule has 0 aliphatic heterocycles. The second-order valence-corrected chi connectivity index (χ2v) is 9.02. The van der Waals surface area contributed by atoms with E-state index >= 15 is 0 Å². The first-order chi connectivity index (χ1) is 9.57. The van der Waals surface area contributed by atoms with E-state index in [2.05, 4.69) is 37.5 Å². The van der Waals surface area contributed by atoms with Crippen molar-refractivity contribution in [1.29, 1.82) is 0 Å². The van der Waals surface area contributed by atoms with Gasteiger partial charge in [0, 0.05) is 17.5 Å². The van der Waals surface area contributed by atoms with E-state index in [1.807, 2.05) is 11.3 Å². The van der Waals surface area contributed by atoms with E-state index in [9.17, 15) is 0 Å². The molecular weight excluding hydrogens is 262 g/mol. The third kappa shape index (κ3) is 1.99. The van der Waals surface area contributed by atoms with Crippen LogP contribution in [0, 0.1) is 23.2 Å². The normalized spacial score (nSPS) is 38.5. The molecule has 1 heterocycles. The van der Waals surface area contributed by atoms with E-state index in [-0.39, 0.29) is 0 Å². The Hall–Kier alpha value is -0.340. The highest BCUT2D eigenvalue weighted by Gasteiger charge is 2.55. The number of rotatable bonds is 4. The summed E-state index contributed by atoms with van der Waals surface area (Å²) < 4.78 is 0. The minimum Gasteiger partial charge on any atom is -0.309 e. The van der Waals surface area contributed by atoms with Gasteiger partial charge in [-0.05, 0) is 71.8 Å². The number of nitrogens with one attached hydrogen (secondary N) is 1. The average Bonchev–Trinajstić information content (AvgIpc) is 3.16. The molecule has 5 rings (SSSR count). The molecule has 4 unspecified atom stereocenters. The number of hydrogen-bond acceptors (Lipinski definition) is 2. The first-order valence-corrected chi connectivity index (χ1v) is 9.25. The molecular formula is C18H27NS. The molecule has 1 aromatic heterocycles. The maximum Gasteiger partial charge on any atom is 0.0305 e. The lowest BCUT2D eigenvalue weighted by atomic mass is 9.45. The Kier molecular flexibility index (Phi) is 3.05. The Morgan fingerprint density at radius 2 is 2.10 bits per heavy atom. The molecule has 1 N–H and O–H groups in total. The number of thiophene rings is 1. The van der Waals surface area contributed by atoms with Crippen molar-refractivity contribution in [2.45, 2.75) is 65.0 Å². The van der Waals surface area contributed by atoms with Gasteiger partial charge in [0.2, 0.25) is 0 Å². The summed E-state index contributed by atoms with van der Waals surface area (Å²) in [5.74, 6) is 3.66. The Balaban J connectivity index is 1.39. The van der Waals surface area contributed by atoms with Gasteiger partial charge in [0.15, 0.2) is 0 Å². The predicted molar refractivity (Wildman–Crippen MR) is 86.1 cm³/mol. The molecule has 0 aromatic carbocycles. The molecule has 4 atom stereocenters. The summed E-state index contributed by atoms with van der Waals surface area (Å²) in [5.41, 5.74) is 2.26. The van der Waals surface area contributed by atoms with Gasteiger partial charge in [-0.15, -0.1) is 11.3 Å². The Morgan fingerprint density at radius 3 is 2.75 bits per heavy atom. The van der Waals surface area contributed by atoms with Crippen LogP contribution in [0.5, 0.6) is 0 Å². The Morgan fingerprint density at radius 1 is 1.30 bits per heavy atom. The van der Waals surface area contributed by atoms with E-state index in [0.29, 0.717) is 5.41 Å². The highest BCUT2D eigenvalue weighted by atomic mass is 32.1. The van der Waals surface area contributed by atoms with Crippen molar-refractivity contribution in [1.82, 2.24) is 5.32 Å². The van der Waals surface area contributed by atoms with Crippen molar-refractivity contribution in [2.75, 3.05) is 0 Å². The van der Waals surface area contributed by atoms with Gasteiger partial charge in [-0.1, -0.05) is 20.8 Å². The molecule has 2 bridgehead atoms. The first kappa shape index (κ1) is 13.3. The second kappa shape index (κ2) is 4.58. The third-order valence-corrected chi connectivity index (χ3v) is 7.61. The fourth-order valence-electron chi connectivity index (χ4n) is 4.90. The van der Waals surface area contributed by atoms with Gasteiger partial charge in [0.1, 0.15) is 0 Å². The zero-order valence-electron chi connectivity index (χ0n) is 13.0. The summed E-state index contributed by atoms with van der Waals surface area (Å²) in [7, 11) is 0. The lowest BCUT2D eigenvalue weighted by molar-refractivity contribution is -0.115. The van der Waals surface area contributed by atoms with Crippen molar-refractivity contribution in [3.8, 4) is 0 Å². The molecule has 4 saturated carbocycles. The third-order valence-electron chi connectivity index (χ3n) is 6.68. The lowest BCUT2D eigenvalue weighted by Crippen LogP contribution is -2.59. The van der Waals surface area contributed by atoms with Gasteiger partial charge >= 0.3 is 0 Å². The van der Waals surface area contributed by atoms with Crippen LogP contribution in [0.15, 0.2) is 11.4 Å². The van der Waals surface area contributed by atoms with Crippen molar-refractivity contribution >= 4 is 11.3 Å². The van der Waals surface area contributed by atoms with Crippen molar-refractivity contribution in [3.63, 3.8) is 0 Å². The molecule has 0 spiro atoms. The monoisotopic (exact) mass is 289 g/mol. The maximum atomic E-state index is 3.91. The van der Waals surface area contributed by atoms with Gasteiger partial charge in [-0.3, -0.25) is 0 Å². The quantitative estimate of drug-likeness (QED) is 0.840. The summed E-state index contributed by atoms with van der Waals surface area (Å²) in [6.45, 7) is 8.57. The summed E-state index contributed by atoms with van der Waals surface area (Å²) in [4.78, 5) is 1.61. The summed E-state index contributed by atoms with van der Waals surface area (Å²) in [6.07, 6.45) is 5.72. The zero-order chi connectivity index (χ0) is 13.9. The van der Waals surface area contributed by atoms with E-state index < -0.39 is 0 Å². The van der Waals surface area contributed by atoms with Crippen LogP contribution in [-0.4, -0.2) is 6.04 Å². The molecule has 1 aromatic rings. The van der Waals surface area contributed by atoms with E-state index in [1.54, 1.807) is 10.4 Å². The fraction of sp³-hybridized carbons (Fsp3) is 0.778. The van der Waals surface area contributed by atoms with Gasteiger partial charge in [-0.25, -0.2) is 0 Å². The van der Waals surface area contributed by atoms with Gasteiger partial charge in [0.05, 0.1) is 0 Å². The minimum absolute atomic E-state index is 0.611. The van der Waals surface area contributed by atoms with Crippen LogP contribution in [0.1, 0.15) is 62.8 Å². The fourth-order valence-corrected chi connectivity index (χ4v) is 5.81. The number of fused-ring (bicyclic) bond motifs is 2. The number of hydrogen-bond donors (Lipinski definition) is 1. The van der Waals surface area contributed by atoms with Crippen LogP contribution in [0.25, 0.3) is 0 Å². The first-order valence-electron chi connectivity index (χ1n) is 8.37. The molecule has 4 fully saturated rings. The van der Waals surface area contributed by atoms with Crippen molar-refractivity contribution in [2.24, 2.45) is 23.2 Å². The van der Waals surface area contributed by atoms with Gasteiger partial charge < -0.3 is 5.32 Å². The second-order valence-electron chi connectivity index (χ2n) is 8.02. The zero-order valence-corrected chi connectivity index (χ0v) is 13.8. The van der Waals surface area contributed by atoms with Crippen LogP contribution < -0.4 is 5.32 Å². The molecule has 0 amide bonds.